The van der Waals surface area contributed by atoms with Crippen molar-refractivity contribution in [3.63, 3.8) is 0 Å². The summed E-state index contributed by atoms with van der Waals surface area (Å²) in [4.78, 5) is 7.89. The van der Waals surface area contributed by atoms with E-state index in [1.165, 1.54) is 0 Å². The largest absolute Gasteiger partial charge is 0.396 e. The summed E-state index contributed by atoms with van der Waals surface area (Å²) in [5.74, 6) is 0.612. The van der Waals surface area contributed by atoms with Gasteiger partial charge < -0.3 is 10.4 Å². The van der Waals surface area contributed by atoms with Crippen LogP contribution in [0, 0.1) is 0 Å². The number of anilines is 1. The van der Waals surface area contributed by atoms with E-state index >= 15 is 0 Å². The molecule has 0 unspecified atom stereocenters. The summed E-state index contributed by atoms with van der Waals surface area (Å²) in [6.45, 7) is 0.903. The zero-order chi connectivity index (χ0) is 7.94. The number of rotatable bonds is 4. The first-order valence-corrected chi connectivity index (χ1v) is 3.55. The van der Waals surface area contributed by atoms with Crippen LogP contribution in [0.5, 0.6) is 0 Å². The van der Waals surface area contributed by atoms with Crippen LogP contribution in [-0.4, -0.2) is 28.2 Å². The van der Waals surface area contributed by atoms with Crippen molar-refractivity contribution >= 4 is 5.95 Å². The van der Waals surface area contributed by atoms with E-state index < -0.39 is 0 Å². The molecule has 4 heteroatoms. The predicted octanol–water partition coefficient (Wildman–Crippen LogP) is 0.271. The maximum absolute atomic E-state index is 8.46. The minimum atomic E-state index is 0.194. The molecular formula is C7H11N3O. The molecule has 0 saturated heterocycles. The predicted molar refractivity (Wildman–Crippen MR) is 42.2 cm³/mol. The second kappa shape index (κ2) is 4.62. The number of aliphatic hydroxyl groups excluding tert-OH is 1. The maximum atomic E-state index is 8.46. The molecule has 0 aliphatic carbocycles. The van der Waals surface area contributed by atoms with Gasteiger partial charge in [0.2, 0.25) is 5.95 Å². The Hall–Kier alpha value is -1.16. The van der Waals surface area contributed by atoms with Crippen LogP contribution in [0.2, 0.25) is 0 Å². The van der Waals surface area contributed by atoms with Gasteiger partial charge in [-0.1, -0.05) is 0 Å². The third-order valence-corrected chi connectivity index (χ3v) is 1.18. The molecule has 0 spiro atoms. The molecular weight excluding hydrogens is 142 g/mol. The third kappa shape index (κ3) is 2.95. The lowest BCUT2D eigenvalue weighted by Crippen LogP contribution is -2.05. The van der Waals surface area contributed by atoms with Crippen LogP contribution in [0.1, 0.15) is 6.42 Å². The summed E-state index contributed by atoms with van der Waals surface area (Å²) in [6, 6.07) is 1.76. The first-order valence-electron chi connectivity index (χ1n) is 3.55. The molecule has 0 fully saturated rings. The average molecular weight is 153 g/mol. The molecule has 1 aromatic rings. The van der Waals surface area contributed by atoms with Gasteiger partial charge >= 0.3 is 0 Å². The van der Waals surface area contributed by atoms with Crippen molar-refractivity contribution in [3.8, 4) is 0 Å². The fourth-order valence-corrected chi connectivity index (χ4v) is 0.670. The number of hydrogen-bond donors (Lipinski definition) is 2. The molecule has 4 nitrogen and oxygen atoms in total. The van der Waals surface area contributed by atoms with Crippen LogP contribution in [0.25, 0.3) is 0 Å². The van der Waals surface area contributed by atoms with Crippen molar-refractivity contribution in [2.45, 2.75) is 6.42 Å². The lowest BCUT2D eigenvalue weighted by Gasteiger charge is -2.00. The van der Waals surface area contributed by atoms with Crippen molar-refractivity contribution < 1.29 is 5.11 Å². The second-order valence-corrected chi connectivity index (χ2v) is 2.08. The Balaban J connectivity index is 2.28. The van der Waals surface area contributed by atoms with Crippen molar-refractivity contribution in [3.05, 3.63) is 18.5 Å². The van der Waals surface area contributed by atoms with E-state index in [2.05, 4.69) is 15.3 Å². The number of nitrogens with one attached hydrogen (secondary N) is 1. The van der Waals surface area contributed by atoms with Gasteiger partial charge in [0.25, 0.3) is 0 Å². The van der Waals surface area contributed by atoms with Gasteiger partial charge in [0.15, 0.2) is 0 Å². The van der Waals surface area contributed by atoms with Gasteiger partial charge in [0.05, 0.1) is 0 Å². The molecule has 0 atom stereocenters. The van der Waals surface area contributed by atoms with Crippen molar-refractivity contribution in [1.82, 2.24) is 9.97 Å². The smallest absolute Gasteiger partial charge is 0.222 e. The quantitative estimate of drug-likeness (QED) is 0.610. The topological polar surface area (TPSA) is 58.0 Å². The monoisotopic (exact) mass is 153 g/mol. The molecule has 11 heavy (non-hydrogen) atoms. The van der Waals surface area contributed by atoms with Gasteiger partial charge in [0.1, 0.15) is 0 Å². The van der Waals surface area contributed by atoms with Gasteiger partial charge in [0, 0.05) is 25.5 Å². The number of aliphatic hydroxyl groups is 1. The highest BCUT2D eigenvalue weighted by Crippen LogP contribution is 1.92. The summed E-state index contributed by atoms with van der Waals surface area (Å²) in [5, 5.41) is 11.4. The van der Waals surface area contributed by atoms with Crippen LogP contribution in [0.3, 0.4) is 0 Å². The molecule has 0 radical (unpaired) electrons. The first kappa shape index (κ1) is 7.94. The highest BCUT2D eigenvalue weighted by atomic mass is 16.3. The minimum Gasteiger partial charge on any atom is -0.396 e. The highest BCUT2D eigenvalue weighted by Gasteiger charge is 1.89. The Morgan fingerprint density at radius 1 is 1.36 bits per heavy atom. The van der Waals surface area contributed by atoms with E-state index in [0.717, 1.165) is 6.42 Å². The molecule has 0 bridgehead atoms. The summed E-state index contributed by atoms with van der Waals surface area (Å²) >= 11 is 0. The maximum Gasteiger partial charge on any atom is 0.222 e. The van der Waals surface area contributed by atoms with Crippen molar-refractivity contribution in [2.75, 3.05) is 18.5 Å². The SMILES string of the molecule is OCCCNc1ncccn1. The minimum absolute atomic E-state index is 0.194. The van der Waals surface area contributed by atoms with E-state index in [-0.39, 0.29) is 6.61 Å². The Labute approximate surface area is 65.3 Å². The number of hydrogen-bond acceptors (Lipinski definition) is 4. The standard InChI is InChI=1S/C7H11N3O/c11-6-2-5-10-7-8-3-1-4-9-7/h1,3-4,11H,2,5-6H2,(H,8,9,10). The molecule has 60 valence electrons. The lowest BCUT2D eigenvalue weighted by molar-refractivity contribution is 0.292. The molecule has 1 aromatic heterocycles. The number of aromatic nitrogens is 2. The van der Waals surface area contributed by atoms with Gasteiger partial charge in [-0.15, -0.1) is 0 Å². The van der Waals surface area contributed by atoms with Crippen LogP contribution in [0.15, 0.2) is 18.5 Å². The van der Waals surface area contributed by atoms with Crippen molar-refractivity contribution in [1.29, 1.82) is 0 Å². The molecule has 0 aliphatic heterocycles. The molecule has 0 aliphatic rings. The Morgan fingerprint density at radius 2 is 2.09 bits per heavy atom. The van der Waals surface area contributed by atoms with Crippen LogP contribution in [-0.2, 0) is 0 Å². The summed E-state index contributed by atoms with van der Waals surface area (Å²) in [6.07, 6.45) is 4.07. The molecule has 0 saturated carbocycles. The average Bonchev–Trinajstić information content (AvgIpc) is 2.07. The van der Waals surface area contributed by atoms with Crippen LogP contribution < -0.4 is 5.32 Å². The highest BCUT2D eigenvalue weighted by molar-refractivity contribution is 5.21. The molecule has 0 amide bonds. The third-order valence-electron chi connectivity index (χ3n) is 1.18. The van der Waals surface area contributed by atoms with E-state index in [9.17, 15) is 0 Å². The Bertz CT molecular complexity index is 190. The molecule has 0 aromatic carbocycles. The zero-order valence-electron chi connectivity index (χ0n) is 6.20. The Morgan fingerprint density at radius 3 is 2.73 bits per heavy atom. The second-order valence-electron chi connectivity index (χ2n) is 2.08. The lowest BCUT2D eigenvalue weighted by atomic mass is 10.4. The molecule has 2 N–H and O–H groups in total. The Kier molecular flexibility index (Phi) is 3.34. The van der Waals surface area contributed by atoms with E-state index in [1.807, 2.05) is 0 Å². The fourth-order valence-electron chi connectivity index (χ4n) is 0.670. The fraction of sp³-hybridized carbons (Fsp3) is 0.429. The van der Waals surface area contributed by atoms with E-state index in [4.69, 9.17) is 5.11 Å². The molecule has 1 heterocycles. The number of nitrogens with zero attached hydrogens (tertiary/aromatic N) is 2. The van der Waals surface area contributed by atoms with Crippen LogP contribution in [0.4, 0.5) is 5.95 Å². The van der Waals surface area contributed by atoms with Gasteiger partial charge in [-0.05, 0) is 12.5 Å². The zero-order valence-corrected chi connectivity index (χ0v) is 6.20. The summed E-state index contributed by atoms with van der Waals surface area (Å²) < 4.78 is 0. The van der Waals surface area contributed by atoms with E-state index in [1.54, 1.807) is 18.5 Å². The first-order chi connectivity index (χ1) is 5.43. The normalized spacial score (nSPS) is 9.55. The van der Waals surface area contributed by atoms with Gasteiger partial charge in [-0.3, -0.25) is 0 Å². The van der Waals surface area contributed by atoms with Crippen molar-refractivity contribution in [2.24, 2.45) is 0 Å². The van der Waals surface area contributed by atoms with E-state index in [0.29, 0.717) is 12.5 Å². The van der Waals surface area contributed by atoms with Gasteiger partial charge in [-0.25, -0.2) is 9.97 Å². The summed E-state index contributed by atoms with van der Waals surface area (Å²) in [7, 11) is 0. The van der Waals surface area contributed by atoms with Gasteiger partial charge in [-0.2, -0.15) is 0 Å². The van der Waals surface area contributed by atoms with Crippen LogP contribution >= 0.6 is 0 Å². The molecule has 1 rings (SSSR count). The summed E-state index contributed by atoms with van der Waals surface area (Å²) in [5.41, 5.74) is 0.